The van der Waals surface area contributed by atoms with Crippen LogP contribution in [0.1, 0.15) is 17.7 Å². The maximum absolute atomic E-state index is 12.2. The summed E-state index contributed by atoms with van der Waals surface area (Å²) in [6.45, 7) is 0. The summed E-state index contributed by atoms with van der Waals surface area (Å²) in [6, 6.07) is 7.80. The second kappa shape index (κ2) is 3.35. The van der Waals surface area contributed by atoms with Crippen LogP contribution < -0.4 is 5.56 Å². The molecule has 2 aromatic heterocycles. The van der Waals surface area contributed by atoms with Gasteiger partial charge in [-0.2, -0.15) is 9.67 Å². The Morgan fingerprint density at radius 1 is 1.28 bits per heavy atom. The van der Waals surface area contributed by atoms with Gasteiger partial charge in [0.15, 0.2) is 5.58 Å². The number of aromatic nitrogens is 3. The van der Waals surface area contributed by atoms with Crippen molar-refractivity contribution in [2.24, 2.45) is 0 Å². The number of fused-ring (bicyclic) bond motifs is 2. The molecule has 0 atom stereocenters. The maximum atomic E-state index is 12.2. The van der Waals surface area contributed by atoms with Gasteiger partial charge in [0, 0.05) is 11.3 Å². The lowest BCUT2D eigenvalue weighted by molar-refractivity contribution is 0.533. The zero-order chi connectivity index (χ0) is 12.1. The highest BCUT2D eigenvalue weighted by Crippen LogP contribution is 2.20. The van der Waals surface area contributed by atoms with E-state index in [4.69, 9.17) is 4.42 Å². The first-order valence-corrected chi connectivity index (χ1v) is 6.01. The van der Waals surface area contributed by atoms with Crippen molar-refractivity contribution in [3.63, 3.8) is 0 Å². The molecular weight excluding hydrogens is 230 g/mol. The van der Waals surface area contributed by atoms with E-state index in [9.17, 15) is 4.79 Å². The largest absolute Gasteiger partial charge is 0.422 e. The van der Waals surface area contributed by atoms with E-state index in [1.54, 1.807) is 0 Å². The number of nitrogens with zero attached hydrogens (tertiary/aromatic N) is 2. The van der Waals surface area contributed by atoms with Crippen molar-refractivity contribution < 1.29 is 4.42 Å². The molecule has 2 heterocycles. The van der Waals surface area contributed by atoms with E-state index >= 15 is 0 Å². The molecule has 0 aliphatic heterocycles. The van der Waals surface area contributed by atoms with E-state index in [-0.39, 0.29) is 5.56 Å². The standard InChI is InChI=1S/C13H11N3O2/c17-12-8-4-3-6-9(8)15-16(12)13-14-10-5-1-2-7-11(10)18-13/h1-2,5,7,15H,3-4,6H2. The molecule has 0 fully saturated rings. The second-order valence-electron chi connectivity index (χ2n) is 4.53. The normalized spacial score (nSPS) is 14.2. The average molecular weight is 241 g/mol. The fourth-order valence-electron chi connectivity index (χ4n) is 2.51. The van der Waals surface area contributed by atoms with Crippen molar-refractivity contribution in [3.8, 4) is 6.01 Å². The third kappa shape index (κ3) is 1.21. The molecule has 1 aliphatic rings. The Bertz CT molecular complexity index is 761. The van der Waals surface area contributed by atoms with Crippen molar-refractivity contribution in [3.05, 3.63) is 45.9 Å². The molecular formula is C13H11N3O2. The molecule has 0 radical (unpaired) electrons. The van der Waals surface area contributed by atoms with E-state index in [2.05, 4.69) is 10.1 Å². The lowest BCUT2D eigenvalue weighted by atomic mass is 10.3. The molecule has 0 amide bonds. The number of hydrogen-bond acceptors (Lipinski definition) is 3. The molecule has 0 unspecified atom stereocenters. The van der Waals surface area contributed by atoms with Gasteiger partial charge in [-0.1, -0.05) is 12.1 Å². The zero-order valence-corrected chi connectivity index (χ0v) is 9.64. The molecule has 4 rings (SSSR count). The van der Waals surface area contributed by atoms with Crippen LogP contribution in [0.5, 0.6) is 0 Å². The Hall–Kier alpha value is -2.30. The van der Waals surface area contributed by atoms with Crippen LogP contribution in [0.25, 0.3) is 17.1 Å². The highest BCUT2D eigenvalue weighted by atomic mass is 16.4. The van der Waals surface area contributed by atoms with Crippen molar-refractivity contribution >= 4 is 11.1 Å². The van der Waals surface area contributed by atoms with E-state index in [0.717, 1.165) is 36.0 Å². The Morgan fingerprint density at radius 3 is 3.00 bits per heavy atom. The smallest absolute Gasteiger partial charge is 0.325 e. The van der Waals surface area contributed by atoms with Gasteiger partial charge < -0.3 is 4.42 Å². The number of rotatable bonds is 1. The van der Waals surface area contributed by atoms with Gasteiger partial charge in [0.05, 0.1) is 0 Å². The average Bonchev–Trinajstić information content (AvgIpc) is 3.04. The molecule has 3 aromatic rings. The number of aryl methyl sites for hydroxylation is 1. The van der Waals surface area contributed by atoms with Crippen LogP contribution in [0.15, 0.2) is 33.5 Å². The molecule has 1 aliphatic carbocycles. The Labute approximate surface area is 102 Å². The van der Waals surface area contributed by atoms with Crippen molar-refractivity contribution in [2.75, 3.05) is 0 Å². The van der Waals surface area contributed by atoms with Crippen LogP contribution in [-0.2, 0) is 12.8 Å². The summed E-state index contributed by atoms with van der Waals surface area (Å²) in [5.74, 6) is 0. The minimum atomic E-state index is -0.0333. The number of hydrogen-bond donors (Lipinski definition) is 1. The highest BCUT2D eigenvalue weighted by Gasteiger charge is 2.21. The zero-order valence-electron chi connectivity index (χ0n) is 9.64. The first-order valence-electron chi connectivity index (χ1n) is 6.01. The second-order valence-corrected chi connectivity index (χ2v) is 4.53. The molecule has 18 heavy (non-hydrogen) atoms. The van der Waals surface area contributed by atoms with E-state index < -0.39 is 0 Å². The minimum absolute atomic E-state index is 0.0333. The molecule has 5 nitrogen and oxygen atoms in total. The van der Waals surface area contributed by atoms with Crippen LogP contribution in [0.4, 0.5) is 0 Å². The monoisotopic (exact) mass is 241 g/mol. The summed E-state index contributed by atoms with van der Waals surface area (Å²) in [7, 11) is 0. The van der Waals surface area contributed by atoms with Gasteiger partial charge in [-0.3, -0.25) is 9.89 Å². The molecule has 1 aromatic carbocycles. The molecule has 0 saturated carbocycles. The molecule has 0 spiro atoms. The van der Waals surface area contributed by atoms with Crippen molar-refractivity contribution in [1.29, 1.82) is 0 Å². The quantitative estimate of drug-likeness (QED) is 0.706. The Morgan fingerprint density at radius 2 is 2.17 bits per heavy atom. The number of H-pyrrole nitrogens is 1. The van der Waals surface area contributed by atoms with Crippen LogP contribution >= 0.6 is 0 Å². The minimum Gasteiger partial charge on any atom is -0.422 e. The number of nitrogens with one attached hydrogen (secondary N) is 1. The summed E-state index contributed by atoms with van der Waals surface area (Å²) in [5.41, 5.74) is 3.30. The summed E-state index contributed by atoms with van der Waals surface area (Å²) in [5, 5.41) is 3.09. The maximum Gasteiger partial charge on any atom is 0.325 e. The van der Waals surface area contributed by atoms with Crippen molar-refractivity contribution in [2.45, 2.75) is 19.3 Å². The molecule has 1 N–H and O–H groups in total. The van der Waals surface area contributed by atoms with Gasteiger partial charge in [-0.25, -0.2) is 0 Å². The Kier molecular flexibility index (Phi) is 1.81. The van der Waals surface area contributed by atoms with E-state index in [1.165, 1.54) is 4.68 Å². The topological polar surface area (TPSA) is 63.8 Å². The number of oxazole rings is 1. The summed E-state index contributed by atoms with van der Waals surface area (Å²) >= 11 is 0. The highest BCUT2D eigenvalue weighted by molar-refractivity contribution is 5.73. The fourth-order valence-corrected chi connectivity index (χ4v) is 2.51. The van der Waals surface area contributed by atoms with Gasteiger partial charge in [0.1, 0.15) is 5.52 Å². The first kappa shape index (κ1) is 9.70. The SMILES string of the molecule is O=c1c2c([nH]n1-c1nc3ccccc3o1)CCC2. The van der Waals surface area contributed by atoms with Gasteiger partial charge in [-0.05, 0) is 31.4 Å². The molecule has 0 bridgehead atoms. The number of aromatic amines is 1. The number of para-hydroxylation sites is 2. The summed E-state index contributed by atoms with van der Waals surface area (Å²) in [4.78, 5) is 16.5. The molecule has 5 heteroatoms. The lowest BCUT2D eigenvalue weighted by Crippen LogP contribution is -2.17. The van der Waals surface area contributed by atoms with Gasteiger partial charge >= 0.3 is 6.01 Å². The predicted molar refractivity (Wildman–Crippen MR) is 66.0 cm³/mol. The third-order valence-electron chi connectivity index (χ3n) is 3.40. The van der Waals surface area contributed by atoms with E-state index in [1.807, 2.05) is 24.3 Å². The van der Waals surface area contributed by atoms with Crippen molar-refractivity contribution in [1.82, 2.24) is 14.8 Å². The lowest BCUT2D eigenvalue weighted by Gasteiger charge is -1.94. The molecule has 90 valence electrons. The van der Waals surface area contributed by atoms with Gasteiger partial charge in [0.2, 0.25) is 0 Å². The van der Waals surface area contributed by atoms with Crippen LogP contribution in [-0.4, -0.2) is 14.8 Å². The third-order valence-corrected chi connectivity index (χ3v) is 3.40. The van der Waals surface area contributed by atoms with Gasteiger partial charge in [0.25, 0.3) is 5.56 Å². The Balaban J connectivity index is 1.95. The first-order chi connectivity index (χ1) is 8.83. The summed E-state index contributed by atoms with van der Waals surface area (Å²) in [6.07, 6.45) is 2.82. The predicted octanol–water partition coefficient (Wildman–Crippen LogP) is 1.80. The fraction of sp³-hybridized carbons (Fsp3) is 0.231. The summed E-state index contributed by atoms with van der Waals surface area (Å²) < 4.78 is 7.00. The molecule has 0 saturated heterocycles. The number of benzene rings is 1. The van der Waals surface area contributed by atoms with E-state index in [0.29, 0.717) is 11.6 Å². The van der Waals surface area contributed by atoms with Crippen LogP contribution in [0.2, 0.25) is 0 Å². The van der Waals surface area contributed by atoms with Crippen LogP contribution in [0.3, 0.4) is 0 Å². The van der Waals surface area contributed by atoms with Crippen LogP contribution in [0, 0.1) is 0 Å². The van der Waals surface area contributed by atoms with Gasteiger partial charge in [-0.15, -0.1) is 0 Å².